The van der Waals surface area contributed by atoms with Gasteiger partial charge in [-0.25, -0.2) is 13.8 Å². The molecule has 7 nitrogen and oxygen atoms in total. The largest absolute Gasteiger partial charge is 0.496 e. The Kier molecular flexibility index (Phi) is 9.26. The predicted octanol–water partition coefficient (Wildman–Crippen LogP) is 5.21. The SMILES string of the molecule is COc1ccc(Br)cc1/C=N/NC(=O)CN(Cc1ccccc1Cl)S(=O)(=O)c1ccc(Br)cc1. The minimum Gasteiger partial charge on any atom is -0.496 e. The molecule has 34 heavy (non-hydrogen) atoms. The van der Waals surface area contributed by atoms with Crippen molar-refractivity contribution in [2.75, 3.05) is 13.7 Å². The quantitative estimate of drug-likeness (QED) is 0.260. The molecule has 0 aliphatic rings. The first kappa shape index (κ1) is 26.4. The van der Waals surface area contributed by atoms with Crippen molar-refractivity contribution < 1.29 is 17.9 Å². The van der Waals surface area contributed by atoms with E-state index < -0.39 is 22.5 Å². The fraction of sp³-hybridized carbons (Fsp3) is 0.130. The van der Waals surface area contributed by atoms with Crippen LogP contribution in [0.25, 0.3) is 0 Å². The molecule has 0 saturated heterocycles. The molecule has 0 heterocycles. The number of hydrogen-bond acceptors (Lipinski definition) is 5. The number of nitrogens with one attached hydrogen (secondary N) is 1. The second-order valence-electron chi connectivity index (χ2n) is 7.00. The maximum absolute atomic E-state index is 13.3. The highest BCUT2D eigenvalue weighted by Crippen LogP contribution is 2.24. The smallest absolute Gasteiger partial charge is 0.255 e. The van der Waals surface area contributed by atoms with Gasteiger partial charge in [-0.05, 0) is 54.1 Å². The molecule has 0 aromatic heterocycles. The lowest BCUT2D eigenvalue weighted by Crippen LogP contribution is -2.39. The van der Waals surface area contributed by atoms with Gasteiger partial charge in [0.15, 0.2) is 0 Å². The molecule has 0 unspecified atom stereocenters. The van der Waals surface area contributed by atoms with Crippen LogP contribution in [0.4, 0.5) is 0 Å². The van der Waals surface area contributed by atoms with Crippen molar-refractivity contribution in [3.63, 3.8) is 0 Å². The molecule has 3 rings (SSSR count). The van der Waals surface area contributed by atoms with E-state index in [2.05, 4.69) is 42.4 Å². The first-order valence-electron chi connectivity index (χ1n) is 9.85. The molecule has 0 fully saturated rings. The van der Waals surface area contributed by atoms with Gasteiger partial charge in [0.2, 0.25) is 10.0 Å². The summed E-state index contributed by atoms with van der Waals surface area (Å²) in [5.74, 6) is -0.0442. The normalized spacial score (nSPS) is 11.7. The third-order valence-electron chi connectivity index (χ3n) is 4.66. The molecule has 178 valence electrons. The number of sulfonamides is 1. The van der Waals surface area contributed by atoms with Gasteiger partial charge in [0.25, 0.3) is 5.91 Å². The van der Waals surface area contributed by atoms with Crippen LogP contribution in [-0.4, -0.2) is 38.5 Å². The van der Waals surface area contributed by atoms with Gasteiger partial charge >= 0.3 is 0 Å². The number of hydrogen-bond donors (Lipinski definition) is 1. The highest BCUT2D eigenvalue weighted by molar-refractivity contribution is 9.10. The highest BCUT2D eigenvalue weighted by atomic mass is 79.9. The van der Waals surface area contributed by atoms with Crippen LogP contribution >= 0.6 is 43.5 Å². The van der Waals surface area contributed by atoms with E-state index in [1.54, 1.807) is 48.5 Å². The van der Waals surface area contributed by atoms with E-state index in [0.717, 1.165) is 13.3 Å². The molecule has 1 amide bonds. The summed E-state index contributed by atoms with van der Waals surface area (Å²) in [7, 11) is -2.48. The molecule has 0 bridgehead atoms. The monoisotopic (exact) mass is 627 g/mol. The summed E-state index contributed by atoms with van der Waals surface area (Å²) in [4.78, 5) is 12.7. The fourth-order valence-corrected chi connectivity index (χ4v) is 5.19. The third-order valence-corrected chi connectivity index (χ3v) is 7.86. The van der Waals surface area contributed by atoms with Crippen molar-refractivity contribution in [3.05, 3.63) is 91.8 Å². The summed E-state index contributed by atoms with van der Waals surface area (Å²) in [5.41, 5.74) is 3.58. The Morgan fingerprint density at radius 3 is 2.44 bits per heavy atom. The number of carbonyl (C=O) groups excluding carboxylic acids is 1. The number of amides is 1. The minimum absolute atomic E-state index is 0.0536. The summed E-state index contributed by atoms with van der Waals surface area (Å²) < 4.78 is 34.6. The zero-order valence-corrected chi connectivity index (χ0v) is 22.7. The molecule has 0 atom stereocenters. The lowest BCUT2D eigenvalue weighted by atomic mass is 10.2. The van der Waals surface area contributed by atoms with E-state index in [1.165, 1.54) is 25.5 Å². The maximum Gasteiger partial charge on any atom is 0.255 e. The number of rotatable bonds is 9. The standard InChI is InChI=1S/C23H20Br2ClN3O4S/c1-33-22-11-8-19(25)12-17(22)13-27-28-23(30)15-29(14-16-4-2-3-5-21(16)26)34(31,32)20-9-6-18(24)7-10-20/h2-13H,14-15H2,1H3,(H,28,30)/b27-13+. The number of hydrazone groups is 1. The van der Waals surface area contributed by atoms with Crippen LogP contribution in [0.3, 0.4) is 0 Å². The summed E-state index contributed by atoms with van der Waals surface area (Å²) in [6, 6.07) is 18.4. The zero-order chi connectivity index (χ0) is 24.7. The van der Waals surface area contributed by atoms with Crippen LogP contribution in [0.1, 0.15) is 11.1 Å². The van der Waals surface area contributed by atoms with Crippen LogP contribution in [0.5, 0.6) is 5.75 Å². The summed E-state index contributed by atoms with van der Waals surface area (Å²) in [6.07, 6.45) is 1.42. The molecule has 0 aliphatic carbocycles. The van der Waals surface area contributed by atoms with E-state index in [9.17, 15) is 13.2 Å². The van der Waals surface area contributed by atoms with Crippen molar-refractivity contribution in [1.29, 1.82) is 0 Å². The molecule has 0 aliphatic heterocycles. The number of benzene rings is 3. The second kappa shape index (κ2) is 11.9. The minimum atomic E-state index is -4.01. The summed E-state index contributed by atoms with van der Waals surface area (Å²) in [6.45, 7) is -0.550. The van der Waals surface area contributed by atoms with Crippen LogP contribution in [-0.2, 0) is 21.4 Å². The van der Waals surface area contributed by atoms with Crippen molar-refractivity contribution in [3.8, 4) is 5.75 Å². The van der Waals surface area contributed by atoms with E-state index in [1.807, 2.05) is 6.07 Å². The molecule has 3 aromatic carbocycles. The van der Waals surface area contributed by atoms with Crippen LogP contribution in [0, 0.1) is 0 Å². The molecule has 0 spiro atoms. The van der Waals surface area contributed by atoms with Gasteiger partial charge in [-0.2, -0.15) is 9.41 Å². The number of halogens is 3. The number of carbonyl (C=O) groups is 1. The lowest BCUT2D eigenvalue weighted by molar-refractivity contribution is -0.121. The lowest BCUT2D eigenvalue weighted by Gasteiger charge is -2.22. The van der Waals surface area contributed by atoms with Crippen LogP contribution < -0.4 is 10.2 Å². The van der Waals surface area contributed by atoms with Gasteiger partial charge < -0.3 is 4.74 Å². The molecular formula is C23H20Br2ClN3O4S. The number of methoxy groups -OCH3 is 1. The molecule has 3 aromatic rings. The highest BCUT2D eigenvalue weighted by Gasteiger charge is 2.27. The summed E-state index contributed by atoms with van der Waals surface area (Å²) in [5, 5.41) is 4.36. The van der Waals surface area contributed by atoms with E-state index >= 15 is 0 Å². The topological polar surface area (TPSA) is 88.1 Å². The first-order chi connectivity index (χ1) is 16.2. The van der Waals surface area contributed by atoms with E-state index in [4.69, 9.17) is 16.3 Å². The fourth-order valence-electron chi connectivity index (χ4n) is 2.97. The Bertz CT molecular complexity index is 1300. The Morgan fingerprint density at radius 1 is 1.09 bits per heavy atom. The number of nitrogens with zero attached hydrogens (tertiary/aromatic N) is 2. The Hall–Kier alpha value is -2.24. The maximum atomic E-state index is 13.3. The van der Waals surface area contributed by atoms with Gasteiger partial charge in [0, 0.05) is 26.1 Å². The van der Waals surface area contributed by atoms with Crippen molar-refractivity contribution >= 4 is 65.6 Å². The molecule has 0 radical (unpaired) electrons. The zero-order valence-electron chi connectivity index (χ0n) is 17.9. The second-order valence-corrected chi connectivity index (χ2v) is 11.2. The Balaban J connectivity index is 1.82. The van der Waals surface area contributed by atoms with Crippen LogP contribution in [0.2, 0.25) is 5.02 Å². The average Bonchev–Trinajstić information content (AvgIpc) is 2.80. The average molecular weight is 630 g/mol. The van der Waals surface area contributed by atoms with Gasteiger partial charge in [0.05, 0.1) is 24.8 Å². The van der Waals surface area contributed by atoms with E-state index in [0.29, 0.717) is 21.9 Å². The number of ether oxygens (including phenoxy) is 1. The first-order valence-corrected chi connectivity index (χ1v) is 13.3. The molecule has 1 N–H and O–H groups in total. The van der Waals surface area contributed by atoms with Crippen LogP contribution in [0.15, 0.2) is 85.7 Å². The van der Waals surface area contributed by atoms with Crippen molar-refractivity contribution in [1.82, 2.24) is 9.73 Å². The van der Waals surface area contributed by atoms with Crippen molar-refractivity contribution in [2.45, 2.75) is 11.4 Å². The van der Waals surface area contributed by atoms with E-state index in [-0.39, 0.29) is 11.4 Å². The van der Waals surface area contributed by atoms with Gasteiger partial charge in [0.1, 0.15) is 5.75 Å². The van der Waals surface area contributed by atoms with Gasteiger partial charge in [-0.15, -0.1) is 0 Å². The molecule has 11 heteroatoms. The Morgan fingerprint density at radius 2 is 1.76 bits per heavy atom. The summed E-state index contributed by atoms with van der Waals surface area (Å²) >= 11 is 12.9. The predicted molar refractivity (Wildman–Crippen MR) is 140 cm³/mol. The van der Waals surface area contributed by atoms with Gasteiger partial charge in [-0.1, -0.05) is 61.7 Å². The molecular weight excluding hydrogens is 610 g/mol. The molecule has 0 saturated carbocycles. The van der Waals surface area contributed by atoms with Crippen molar-refractivity contribution in [2.24, 2.45) is 5.10 Å². The Labute approximate surface area is 220 Å². The van der Waals surface area contributed by atoms with Gasteiger partial charge in [-0.3, -0.25) is 4.79 Å². The third kappa shape index (κ3) is 6.89.